The molecule has 4 nitrogen and oxygen atoms in total. The monoisotopic (exact) mass is 325 g/mol. The Morgan fingerprint density at radius 3 is 2.52 bits per heavy atom. The molecule has 2 amide bonds. The van der Waals surface area contributed by atoms with E-state index in [-0.39, 0.29) is 10.6 Å². The van der Waals surface area contributed by atoms with Crippen LogP contribution in [0.3, 0.4) is 0 Å². The quantitative estimate of drug-likeness (QED) is 0.642. The molecule has 0 radical (unpaired) electrons. The van der Waals surface area contributed by atoms with Crippen LogP contribution in [0.5, 0.6) is 0 Å². The number of amides is 2. The van der Waals surface area contributed by atoms with Crippen LogP contribution in [0.25, 0.3) is 0 Å². The minimum absolute atomic E-state index is 0.103. The molecule has 2 aromatic carbocycles. The normalized spacial score (nSPS) is 10.6. The van der Waals surface area contributed by atoms with E-state index in [2.05, 4.69) is 15.8 Å². The zero-order chi connectivity index (χ0) is 15.2. The van der Waals surface area contributed by atoms with Gasteiger partial charge in [-0.25, -0.2) is 14.6 Å². The van der Waals surface area contributed by atoms with Crippen LogP contribution >= 0.6 is 23.2 Å². The average Bonchev–Trinajstić information content (AvgIpc) is 2.45. The maximum Gasteiger partial charge on any atom is 0.339 e. The summed E-state index contributed by atoms with van der Waals surface area (Å²) in [6.45, 7) is 0. The Balaban J connectivity index is 1.95. The second-order valence-electron chi connectivity index (χ2n) is 3.97. The van der Waals surface area contributed by atoms with Crippen LogP contribution in [0.15, 0.2) is 47.6 Å². The minimum atomic E-state index is -0.568. The molecule has 0 aliphatic carbocycles. The van der Waals surface area contributed by atoms with Gasteiger partial charge in [0.1, 0.15) is 5.82 Å². The Bertz CT molecular complexity index is 654. The zero-order valence-corrected chi connectivity index (χ0v) is 12.1. The lowest BCUT2D eigenvalue weighted by molar-refractivity contribution is 0.252. The fraction of sp³-hybridized carbons (Fsp3) is 0. The van der Waals surface area contributed by atoms with Gasteiger partial charge in [0.25, 0.3) is 0 Å². The van der Waals surface area contributed by atoms with E-state index in [9.17, 15) is 9.18 Å². The Morgan fingerprint density at radius 2 is 1.86 bits per heavy atom. The summed E-state index contributed by atoms with van der Waals surface area (Å²) in [5.41, 5.74) is 2.86. The van der Waals surface area contributed by atoms with Crippen molar-refractivity contribution in [3.8, 4) is 0 Å². The van der Waals surface area contributed by atoms with Crippen molar-refractivity contribution in [2.75, 3.05) is 5.32 Å². The molecule has 7 heteroatoms. The van der Waals surface area contributed by atoms with Gasteiger partial charge < -0.3 is 5.32 Å². The van der Waals surface area contributed by atoms with Crippen molar-refractivity contribution in [2.24, 2.45) is 5.10 Å². The van der Waals surface area contributed by atoms with Crippen LogP contribution in [0, 0.1) is 5.82 Å². The number of carbonyl (C=O) groups is 1. The third-order valence-corrected chi connectivity index (χ3v) is 3.04. The summed E-state index contributed by atoms with van der Waals surface area (Å²) in [5.74, 6) is -0.522. The molecule has 2 rings (SSSR count). The summed E-state index contributed by atoms with van der Waals surface area (Å²) in [6.07, 6.45) is 1.14. The Morgan fingerprint density at radius 1 is 1.14 bits per heavy atom. The summed E-state index contributed by atoms with van der Waals surface area (Å²) in [5, 5.41) is 6.95. The topological polar surface area (TPSA) is 53.5 Å². The standard InChI is InChI=1S/C14H10Cl2FN3O/c15-9-4-6-10(7-5-9)19-14(21)20-18-8-11-12(16)2-1-3-13(11)17/h1-8H,(H2,19,20,21)/b18-8-. The van der Waals surface area contributed by atoms with E-state index in [0.29, 0.717) is 10.7 Å². The second-order valence-corrected chi connectivity index (χ2v) is 4.81. The maximum atomic E-state index is 13.4. The molecule has 108 valence electrons. The van der Waals surface area contributed by atoms with E-state index in [4.69, 9.17) is 23.2 Å². The fourth-order valence-electron chi connectivity index (χ4n) is 1.48. The van der Waals surface area contributed by atoms with Crippen LogP contribution < -0.4 is 10.7 Å². The Hall–Kier alpha value is -2.11. The predicted octanol–water partition coefficient (Wildman–Crippen LogP) is 4.29. The Labute approximate surface area is 130 Å². The highest BCUT2D eigenvalue weighted by Crippen LogP contribution is 2.16. The van der Waals surface area contributed by atoms with Crippen molar-refractivity contribution in [3.05, 3.63) is 63.9 Å². The first-order chi connectivity index (χ1) is 10.1. The number of hydrogen-bond donors (Lipinski definition) is 2. The summed E-state index contributed by atoms with van der Waals surface area (Å²) in [7, 11) is 0. The number of carbonyl (C=O) groups excluding carboxylic acids is 1. The van der Waals surface area contributed by atoms with Crippen molar-refractivity contribution in [3.63, 3.8) is 0 Å². The maximum absolute atomic E-state index is 13.4. The number of urea groups is 1. The van der Waals surface area contributed by atoms with E-state index in [0.717, 1.165) is 6.21 Å². The van der Waals surface area contributed by atoms with Crippen LogP contribution in [0.2, 0.25) is 10.0 Å². The number of anilines is 1. The first-order valence-corrected chi connectivity index (χ1v) is 6.61. The lowest BCUT2D eigenvalue weighted by Crippen LogP contribution is -2.24. The highest BCUT2D eigenvalue weighted by Gasteiger charge is 2.04. The summed E-state index contributed by atoms with van der Waals surface area (Å²) in [4.78, 5) is 11.6. The molecule has 0 atom stereocenters. The first kappa shape index (κ1) is 15.3. The number of hydrogen-bond acceptors (Lipinski definition) is 2. The summed E-state index contributed by atoms with van der Waals surface area (Å²) in [6, 6.07) is 10.2. The highest BCUT2D eigenvalue weighted by atomic mass is 35.5. The summed E-state index contributed by atoms with van der Waals surface area (Å²) >= 11 is 11.5. The molecule has 21 heavy (non-hydrogen) atoms. The number of nitrogens with one attached hydrogen (secondary N) is 2. The van der Waals surface area contributed by atoms with Crippen molar-refractivity contribution >= 4 is 41.1 Å². The molecule has 2 N–H and O–H groups in total. The van der Waals surface area contributed by atoms with Crippen molar-refractivity contribution in [1.29, 1.82) is 0 Å². The number of rotatable bonds is 3. The number of halogens is 3. The van der Waals surface area contributed by atoms with E-state index in [1.807, 2.05) is 0 Å². The van der Waals surface area contributed by atoms with Crippen molar-refractivity contribution in [2.45, 2.75) is 0 Å². The molecule has 0 aliphatic heterocycles. The molecule has 0 aliphatic rings. The Kier molecular flexibility index (Phi) is 5.14. The molecule has 0 unspecified atom stereocenters. The van der Waals surface area contributed by atoms with Crippen LogP contribution in [-0.4, -0.2) is 12.2 Å². The van der Waals surface area contributed by atoms with Crippen molar-refractivity contribution < 1.29 is 9.18 Å². The number of benzene rings is 2. The smallest absolute Gasteiger partial charge is 0.307 e. The van der Waals surface area contributed by atoms with Gasteiger partial charge in [-0.1, -0.05) is 29.3 Å². The SMILES string of the molecule is O=C(N/N=C\c1c(F)cccc1Cl)Nc1ccc(Cl)cc1. The largest absolute Gasteiger partial charge is 0.339 e. The van der Waals surface area contributed by atoms with Gasteiger partial charge in [0, 0.05) is 16.3 Å². The molecule has 2 aromatic rings. The van der Waals surface area contributed by atoms with Crippen LogP contribution in [-0.2, 0) is 0 Å². The van der Waals surface area contributed by atoms with E-state index in [1.54, 1.807) is 24.3 Å². The second kappa shape index (κ2) is 7.06. The van der Waals surface area contributed by atoms with Gasteiger partial charge in [0.2, 0.25) is 0 Å². The van der Waals surface area contributed by atoms with Gasteiger partial charge in [0.15, 0.2) is 0 Å². The molecule has 0 saturated carbocycles. The van der Waals surface area contributed by atoms with Crippen LogP contribution in [0.4, 0.5) is 14.9 Å². The molecule has 0 spiro atoms. The number of hydrazone groups is 1. The van der Waals surface area contributed by atoms with Gasteiger partial charge in [-0.05, 0) is 36.4 Å². The van der Waals surface area contributed by atoms with E-state index in [1.165, 1.54) is 18.2 Å². The van der Waals surface area contributed by atoms with Crippen molar-refractivity contribution in [1.82, 2.24) is 5.43 Å². The highest BCUT2D eigenvalue weighted by molar-refractivity contribution is 6.33. The molecular formula is C14H10Cl2FN3O. The van der Waals surface area contributed by atoms with Gasteiger partial charge in [-0.15, -0.1) is 0 Å². The van der Waals surface area contributed by atoms with Gasteiger partial charge in [-0.3, -0.25) is 0 Å². The summed E-state index contributed by atoms with van der Waals surface area (Å²) < 4.78 is 13.4. The lowest BCUT2D eigenvalue weighted by atomic mass is 10.2. The molecule has 0 saturated heterocycles. The molecule has 0 heterocycles. The lowest BCUT2D eigenvalue weighted by Gasteiger charge is -2.04. The molecule has 0 aromatic heterocycles. The molecular weight excluding hydrogens is 316 g/mol. The molecule has 0 fully saturated rings. The predicted molar refractivity (Wildman–Crippen MR) is 82.6 cm³/mol. The minimum Gasteiger partial charge on any atom is -0.307 e. The zero-order valence-electron chi connectivity index (χ0n) is 10.6. The molecule has 0 bridgehead atoms. The number of nitrogens with zero attached hydrogens (tertiary/aromatic N) is 1. The van der Waals surface area contributed by atoms with E-state index >= 15 is 0 Å². The van der Waals surface area contributed by atoms with E-state index < -0.39 is 11.8 Å². The first-order valence-electron chi connectivity index (χ1n) is 5.86. The van der Waals surface area contributed by atoms with Gasteiger partial charge >= 0.3 is 6.03 Å². The third kappa shape index (κ3) is 4.44. The van der Waals surface area contributed by atoms with Crippen LogP contribution in [0.1, 0.15) is 5.56 Å². The van der Waals surface area contributed by atoms with Gasteiger partial charge in [0.05, 0.1) is 11.2 Å². The average molecular weight is 326 g/mol. The van der Waals surface area contributed by atoms with Gasteiger partial charge in [-0.2, -0.15) is 5.10 Å². The fourth-order valence-corrected chi connectivity index (χ4v) is 1.82. The third-order valence-electron chi connectivity index (χ3n) is 2.46.